The second-order valence-corrected chi connectivity index (χ2v) is 4.09. The largest absolute Gasteiger partial charge is 0.497 e. The van der Waals surface area contributed by atoms with Crippen molar-refractivity contribution < 1.29 is 4.74 Å². The highest BCUT2D eigenvalue weighted by Crippen LogP contribution is 2.34. The molecule has 0 radical (unpaired) electrons. The molecule has 1 unspecified atom stereocenters. The fourth-order valence-electron chi connectivity index (χ4n) is 2.17. The highest BCUT2D eigenvalue weighted by molar-refractivity contribution is 5.62. The average molecular weight is 188 g/mol. The Morgan fingerprint density at radius 3 is 2.86 bits per heavy atom. The molecule has 1 aromatic carbocycles. The molecule has 1 aromatic rings. The molecule has 1 aliphatic carbocycles. The molecule has 0 saturated carbocycles. The van der Waals surface area contributed by atoms with Gasteiger partial charge in [-0.1, -0.05) is 24.6 Å². The molecule has 0 bridgehead atoms. The van der Waals surface area contributed by atoms with Crippen molar-refractivity contribution >= 4 is 6.08 Å². The van der Waals surface area contributed by atoms with Crippen molar-refractivity contribution in [3.63, 3.8) is 0 Å². The molecule has 2 rings (SSSR count). The first-order valence-corrected chi connectivity index (χ1v) is 5.06. The summed E-state index contributed by atoms with van der Waals surface area (Å²) < 4.78 is 5.22. The Morgan fingerprint density at radius 2 is 2.14 bits per heavy atom. The van der Waals surface area contributed by atoms with Gasteiger partial charge in [-0.25, -0.2) is 0 Å². The zero-order chi connectivity index (χ0) is 10.1. The van der Waals surface area contributed by atoms with Gasteiger partial charge in [-0.05, 0) is 42.5 Å². The number of hydrogen-bond acceptors (Lipinski definition) is 1. The van der Waals surface area contributed by atoms with Crippen LogP contribution in [0, 0.1) is 0 Å². The number of methoxy groups -OCH3 is 1. The van der Waals surface area contributed by atoms with Crippen molar-refractivity contribution in [3.05, 3.63) is 34.9 Å². The van der Waals surface area contributed by atoms with Gasteiger partial charge in [0.15, 0.2) is 0 Å². The Labute approximate surface area is 85.4 Å². The molecule has 1 nitrogen and oxygen atoms in total. The van der Waals surface area contributed by atoms with Crippen LogP contribution < -0.4 is 4.74 Å². The molecule has 1 aliphatic rings. The van der Waals surface area contributed by atoms with Gasteiger partial charge in [0.05, 0.1) is 7.11 Å². The zero-order valence-corrected chi connectivity index (χ0v) is 9.00. The monoisotopic (exact) mass is 188 g/mol. The minimum atomic E-state index is 0.640. The number of allylic oxidation sites excluding steroid dienone is 1. The average Bonchev–Trinajstić information content (AvgIpc) is 2.16. The van der Waals surface area contributed by atoms with Gasteiger partial charge >= 0.3 is 0 Å². The van der Waals surface area contributed by atoms with Gasteiger partial charge in [-0.3, -0.25) is 0 Å². The van der Waals surface area contributed by atoms with E-state index in [0.717, 1.165) is 5.75 Å². The smallest absolute Gasteiger partial charge is 0.119 e. The Balaban J connectivity index is 2.50. The summed E-state index contributed by atoms with van der Waals surface area (Å²) in [7, 11) is 1.71. The first kappa shape index (κ1) is 9.32. The Bertz CT molecular complexity index is 377. The number of ether oxygens (including phenoxy) is 1. The summed E-state index contributed by atoms with van der Waals surface area (Å²) in [6.07, 6.45) is 3.44. The summed E-state index contributed by atoms with van der Waals surface area (Å²) in [6, 6.07) is 6.35. The molecule has 0 aliphatic heterocycles. The fourth-order valence-corrected chi connectivity index (χ4v) is 2.17. The van der Waals surface area contributed by atoms with Gasteiger partial charge in [0, 0.05) is 0 Å². The van der Waals surface area contributed by atoms with E-state index >= 15 is 0 Å². The minimum Gasteiger partial charge on any atom is -0.497 e. The molecule has 1 atom stereocenters. The normalized spacial score (nSPS) is 19.9. The van der Waals surface area contributed by atoms with E-state index in [-0.39, 0.29) is 0 Å². The number of rotatable bonds is 1. The molecule has 14 heavy (non-hydrogen) atoms. The van der Waals surface area contributed by atoms with Crippen LogP contribution >= 0.6 is 0 Å². The quantitative estimate of drug-likeness (QED) is 0.654. The first-order valence-electron chi connectivity index (χ1n) is 5.06. The van der Waals surface area contributed by atoms with Crippen LogP contribution in [0.15, 0.2) is 23.8 Å². The summed E-state index contributed by atoms with van der Waals surface area (Å²) in [5.41, 5.74) is 4.22. The van der Waals surface area contributed by atoms with Crippen molar-refractivity contribution in [2.45, 2.75) is 26.2 Å². The molecule has 0 saturated heterocycles. The number of benzene rings is 1. The van der Waals surface area contributed by atoms with E-state index in [2.05, 4.69) is 32.1 Å². The summed E-state index contributed by atoms with van der Waals surface area (Å²) in [4.78, 5) is 0. The van der Waals surface area contributed by atoms with Gasteiger partial charge in [-0.2, -0.15) is 0 Å². The summed E-state index contributed by atoms with van der Waals surface area (Å²) in [5.74, 6) is 1.59. The molecular formula is C13H16O. The molecule has 0 N–H and O–H groups in total. The Morgan fingerprint density at radius 1 is 1.36 bits per heavy atom. The van der Waals surface area contributed by atoms with E-state index < -0.39 is 0 Å². The number of fused-ring (bicyclic) bond motifs is 1. The van der Waals surface area contributed by atoms with E-state index in [9.17, 15) is 0 Å². The highest BCUT2D eigenvalue weighted by atomic mass is 16.5. The predicted octanol–water partition coefficient (Wildman–Crippen LogP) is 3.61. The van der Waals surface area contributed by atoms with Crippen LogP contribution in [0.2, 0.25) is 0 Å². The van der Waals surface area contributed by atoms with Gasteiger partial charge < -0.3 is 4.74 Å². The van der Waals surface area contributed by atoms with E-state index in [1.807, 2.05) is 6.07 Å². The maximum Gasteiger partial charge on any atom is 0.119 e. The van der Waals surface area contributed by atoms with Crippen LogP contribution in [0.4, 0.5) is 0 Å². The van der Waals surface area contributed by atoms with Gasteiger partial charge in [0.25, 0.3) is 0 Å². The molecule has 74 valence electrons. The lowest BCUT2D eigenvalue weighted by Crippen LogP contribution is -2.03. The van der Waals surface area contributed by atoms with Crippen LogP contribution in [-0.4, -0.2) is 7.11 Å². The zero-order valence-electron chi connectivity index (χ0n) is 9.00. The van der Waals surface area contributed by atoms with Crippen molar-refractivity contribution in [3.8, 4) is 5.75 Å². The Hall–Kier alpha value is -1.24. The fraction of sp³-hybridized carbons (Fsp3) is 0.385. The summed E-state index contributed by atoms with van der Waals surface area (Å²) in [6.45, 7) is 4.47. The third-order valence-electron chi connectivity index (χ3n) is 2.85. The molecule has 0 aromatic heterocycles. The maximum atomic E-state index is 5.22. The molecule has 1 heteroatoms. The maximum absolute atomic E-state index is 5.22. The van der Waals surface area contributed by atoms with Crippen LogP contribution in [-0.2, 0) is 0 Å². The second-order valence-electron chi connectivity index (χ2n) is 4.09. The standard InChI is InChI=1S/C13H16O/c1-9-6-10(2)13-5-4-12(14-3)8-11(13)7-9/h4-5,7-8,10H,6H2,1-3H3. The van der Waals surface area contributed by atoms with Crippen LogP contribution in [0.5, 0.6) is 5.75 Å². The van der Waals surface area contributed by atoms with Crippen LogP contribution in [0.3, 0.4) is 0 Å². The minimum absolute atomic E-state index is 0.640. The summed E-state index contributed by atoms with van der Waals surface area (Å²) >= 11 is 0. The molecule has 0 fully saturated rings. The lowest BCUT2D eigenvalue weighted by atomic mass is 9.85. The highest BCUT2D eigenvalue weighted by Gasteiger charge is 2.15. The molecule has 0 amide bonds. The van der Waals surface area contributed by atoms with Crippen LogP contribution in [0.1, 0.15) is 37.3 Å². The third-order valence-corrected chi connectivity index (χ3v) is 2.85. The van der Waals surface area contributed by atoms with Gasteiger partial charge in [-0.15, -0.1) is 0 Å². The van der Waals surface area contributed by atoms with E-state index in [1.165, 1.54) is 23.1 Å². The molecular weight excluding hydrogens is 172 g/mol. The van der Waals surface area contributed by atoms with Crippen LogP contribution in [0.25, 0.3) is 6.08 Å². The molecule has 0 heterocycles. The lowest BCUT2D eigenvalue weighted by molar-refractivity contribution is 0.414. The van der Waals surface area contributed by atoms with E-state index in [1.54, 1.807) is 7.11 Å². The van der Waals surface area contributed by atoms with E-state index in [0.29, 0.717) is 5.92 Å². The SMILES string of the molecule is COc1ccc2c(c1)C=C(C)CC2C. The lowest BCUT2D eigenvalue weighted by Gasteiger charge is -2.21. The topological polar surface area (TPSA) is 9.23 Å². The first-order chi connectivity index (χ1) is 6.70. The Kier molecular flexibility index (Phi) is 2.32. The van der Waals surface area contributed by atoms with Gasteiger partial charge in [0.1, 0.15) is 5.75 Å². The van der Waals surface area contributed by atoms with Crippen molar-refractivity contribution in [2.75, 3.05) is 7.11 Å². The van der Waals surface area contributed by atoms with Gasteiger partial charge in [0.2, 0.25) is 0 Å². The predicted molar refractivity (Wildman–Crippen MR) is 59.7 cm³/mol. The number of hydrogen-bond donors (Lipinski definition) is 0. The molecule has 0 spiro atoms. The van der Waals surface area contributed by atoms with Crippen molar-refractivity contribution in [2.24, 2.45) is 0 Å². The summed E-state index contributed by atoms with van der Waals surface area (Å²) in [5, 5.41) is 0. The van der Waals surface area contributed by atoms with E-state index in [4.69, 9.17) is 4.74 Å². The van der Waals surface area contributed by atoms with Crippen molar-refractivity contribution in [1.82, 2.24) is 0 Å². The third kappa shape index (κ3) is 1.54. The second kappa shape index (κ2) is 3.49. The van der Waals surface area contributed by atoms with Crippen molar-refractivity contribution in [1.29, 1.82) is 0 Å².